The van der Waals surface area contributed by atoms with Crippen molar-refractivity contribution in [3.8, 4) is 0 Å². The fourth-order valence-electron chi connectivity index (χ4n) is 4.35. The summed E-state index contributed by atoms with van der Waals surface area (Å²) in [5.41, 5.74) is 0. The topological polar surface area (TPSA) is 68.2 Å². The number of aliphatic hydroxyl groups excluding tert-OH is 2. The third kappa shape index (κ3) is 6.51. The molecule has 5 atom stereocenters. The molecule has 0 aromatic rings. The first-order chi connectivity index (χ1) is 13.2. The lowest BCUT2D eigenvalue weighted by Gasteiger charge is -2.39. The average Bonchev–Trinajstić information content (AvgIpc) is 2.97. The molecule has 0 aromatic heterocycles. The maximum Gasteiger partial charge on any atom is 0.191 e. The van der Waals surface area contributed by atoms with Crippen LogP contribution in [-0.4, -0.2) is 57.4 Å². The Morgan fingerprint density at radius 2 is 1.82 bits per heavy atom. The van der Waals surface area contributed by atoms with Gasteiger partial charge in [0.2, 0.25) is 0 Å². The molecule has 2 aliphatic rings. The second kappa shape index (κ2) is 10.9. The molecule has 6 heteroatoms. The summed E-state index contributed by atoms with van der Waals surface area (Å²) in [4.78, 5) is 0. The standard InChI is InChI=1S/C22H44O5Si/c1-22(2,3)28(4,5)26-16-19-18(10-6-8-12-23)17(15-24)14-20(19)27-21-11-7-9-13-25-21/h17-21,23-24H,6-16H2,1-5H3/t17?,18?,19-,20+,21?/m1/s1. The summed E-state index contributed by atoms with van der Waals surface area (Å²) in [6.45, 7) is 13.3. The Balaban J connectivity index is 2.09. The number of hydrogen-bond donors (Lipinski definition) is 2. The quantitative estimate of drug-likeness (QED) is 0.410. The molecular formula is C22H44O5Si. The summed E-state index contributed by atoms with van der Waals surface area (Å²) in [5, 5.41) is 19.4. The monoisotopic (exact) mass is 416 g/mol. The van der Waals surface area contributed by atoms with Crippen LogP contribution in [0.3, 0.4) is 0 Å². The molecule has 5 nitrogen and oxygen atoms in total. The van der Waals surface area contributed by atoms with Gasteiger partial charge >= 0.3 is 0 Å². The Labute approximate surface area is 173 Å². The van der Waals surface area contributed by atoms with E-state index in [1.165, 1.54) is 0 Å². The Bertz CT molecular complexity index is 445. The highest BCUT2D eigenvalue weighted by Crippen LogP contribution is 2.44. The summed E-state index contributed by atoms with van der Waals surface area (Å²) in [6.07, 6.45) is 6.92. The second-order valence-electron chi connectivity index (χ2n) is 10.3. The van der Waals surface area contributed by atoms with E-state index in [2.05, 4.69) is 33.9 Å². The largest absolute Gasteiger partial charge is 0.416 e. The maximum atomic E-state index is 10.0. The third-order valence-electron chi connectivity index (χ3n) is 7.26. The molecular weight excluding hydrogens is 372 g/mol. The van der Waals surface area contributed by atoms with Crippen LogP contribution in [0.25, 0.3) is 0 Å². The molecule has 1 saturated carbocycles. The van der Waals surface area contributed by atoms with Gasteiger partial charge in [0.1, 0.15) is 0 Å². The van der Waals surface area contributed by atoms with Gasteiger partial charge in [-0.1, -0.05) is 27.2 Å². The number of hydrogen-bond acceptors (Lipinski definition) is 5. The van der Waals surface area contributed by atoms with Gasteiger partial charge in [-0.15, -0.1) is 0 Å². The minimum absolute atomic E-state index is 0.0872. The van der Waals surface area contributed by atoms with Gasteiger partial charge in [-0.2, -0.15) is 0 Å². The molecule has 166 valence electrons. The van der Waals surface area contributed by atoms with Gasteiger partial charge in [-0.05, 0) is 68.5 Å². The molecule has 1 saturated heterocycles. The van der Waals surface area contributed by atoms with Crippen LogP contribution in [0.5, 0.6) is 0 Å². The normalized spacial score (nSPS) is 32.0. The van der Waals surface area contributed by atoms with Crippen LogP contribution in [0.1, 0.15) is 65.7 Å². The van der Waals surface area contributed by atoms with E-state index in [-0.39, 0.29) is 42.5 Å². The lowest BCUT2D eigenvalue weighted by molar-refractivity contribution is -0.197. The minimum atomic E-state index is -1.84. The van der Waals surface area contributed by atoms with E-state index < -0.39 is 8.32 Å². The Morgan fingerprint density at radius 3 is 2.39 bits per heavy atom. The van der Waals surface area contributed by atoms with Crippen LogP contribution in [0.2, 0.25) is 18.1 Å². The van der Waals surface area contributed by atoms with Crippen LogP contribution >= 0.6 is 0 Å². The van der Waals surface area contributed by atoms with E-state index in [0.29, 0.717) is 12.5 Å². The van der Waals surface area contributed by atoms with Crippen LogP contribution < -0.4 is 0 Å². The minimum Gasteiger partial charge on any atom is -0.416 e. The second-order valence-corrected chi connectivity index (χ2v) is 15.1. The number of ether oxygens (including phenoxy) is 2. The highest BCUT2D eigenvalue weighted by atomic mass is 28.4. The van der Waals surface area contributed by atoms with Gasteiger partial charge in [-0.25, -0.2) is 0 Å². The molecule has 2 rings (SSSR count). The number of aliphatic hydroxyl groups is 2. The fraction of sp³-hybridized carbons (Fsp3) is 1.00. The van der Waals surface area contributed by atoms with Crippen molar-refractivity contribution in [3.63, 3.8) is 0 Å². The summed E-state index contributed by atoms with van der Waals surface area (Å²) in [7, 11) is -1.84. The zero-order chi connectivity index (χ0) is 20.8. The first-order valence-corrected chi connectivity index (χ1v) is 14.2. The molecule has 28 heavy (non-hydrogen) atoms. The molecule has 1 aliphatic carbocycles. The number of unbranched alkanes of at least 4 members (excludes halogenated alkanes) is 1. The van der Waals surface area contributed by atoms with Gasteiger partial charge in [0.15, 0.2) is 14.6 Å². The van der Waals surface area contributed by atoms with Gasteiger partial charge in [0.25, 0.3) is 0 Å². The van der Waals surface area contributed by atoms with Crippen molar-refractivity contribution in [2.75, 3.05) is 26.4 Å². The summed E-state index contributed by atoms with van der Waals surface area (Å²) in [5.74, 6) is 0.922. The van der Waals surface area contributed by atoms with E-state index in [4.69, 9.17) is 13.9 Å². The van der Waals surface area contributed by atoms with Crippen molar-refractivity contribution in [2.45, 2.75) is 96.2 Å². The SMILES string of the molecule is CC(C)(C)[Si](C)(C)OC[C@@H]1C(CCCCO)C(CO)C[C@@H]1OC1CCCCO1. The molecule has 0 aromatic carbocycles. The van der Waals surface area contributed by atoms with Crippen LogP contribution in [-0.2, 0) is 13.9 Å². The van der Waals surface area contributed by atoms with E-state index in [0.717, 1.165) is 51.6 Å². The fourth-order valence-corrected chi connectivity index (χ4v) is 5.39. The lowest BCUT2D eigenvalue weighted by Crippen LogP contribution is -2.44. The maximum absolute atomic E-state index is 10.0. The summed E-state index contributed by atoms with van der Waals surface area (Å²) < 4.78 is 18.9. The summed E-state index contributed by atoms with van der Waals surface area (Å²) in [6, 6.07) is 0. The van der Waals surface area contributed by atoms with Crippen molar-refractivity contribution in [1.29, 1.82) is 0 Å². The Hall–Kier alpha value is 0.0169. The van der Waals surface area contributed by atoms with Crippen molar-refractivity contribution in [1.82, 2.24) is 0 Å². The van der Waals surface area contributed by atoms with Crippen LogP contribution in [0, 0.1) is 17.8 Å². The first-order valence-electron chi connectivity index (χ1n) is 11.3. The smallest absolute Gasteiger partial charge is 0.191 e. The summed E-state index contributed by atoms with van der Waals surface area (Å²) >= 11 is 0. The van der Waals surface area contributed by atoms with Gasteiger partial charge < -0.3 is 24.1 Å². The van der Waals surface area contributed by atoms with Gasteiger partial charge in [-0.3, -0.25) is 0 Å². The zero-order valence-corrected chi connectivity index (χ0v) is 19.8. The first kappa shape index (κ1) is 24.3. The van der Waals surface area contributed by atoms with E-state index in [9.17, 15) is 10.2 Å². The van der Waals surface area contributed by atoms with E-state index in [1.807, 2.05) is 0 Å². The highest BCUT2D eigenvalue weighted by molar-refractivity contribution is 6.74. The van der Waals surface area contributed by atoms with Gasteiger partial charge in [0, 0.05) is 32.3 Å². The Morgan fingerprint density at radius 1 is 1.07 bits per heavy atom. The molecule has 0 radical (unpaired) electrons. The molecule has 1 aliphatic heterocycles. The molecule has 0 spiro atoms. The van der Waals surface area contributed by atoms with Gasteiger partial charge in [0.05, 0.1) is 6.10 Å². The predicted molar refractivity (Wildman–Crippen MR) is 115 cm³/mol. The van der Waals surface area contributed by atoms with E-state index >= 15 is 0 Å². The molecule has 3 unspecified atom stereocenters. The highest BCUT2D eigenvalue weighted by Gasteiger charge is 2.46. The van der Waals surface area contributed by atoms with Crippen LogP contribution in [0.4, 0.5) is 0 Å². The number of rotatable bonds is 10. The van der Waals surface area contributed by atoms with E-state index in [1.54, 1.807) is 0 Å². The lowest BCUT2D eigenvalue weighted by atomic mass is 9.85. The average molecular weight is 417 g/mol. The van der Waals surface area contributed by atoms with Crippen molar-refractivity contribution >= 4 is 8.32 Å². The molecule has 1 heterocycles. The molecule has 0 amide bonds. The van der Waals surface area contributed by atoms with Crippen molar-refractivity contribution < 1.29 is 24.1 Å². The molecule has 0 bridgehead atoms. The zero-order valence-electron chi connectivity index (χ0n) is 18.8. The predicted octanol–water partition coefficient (Wildman–Crippen LogP) is 4.33. The van der Waals surface area contributed by atoms with Crippen LogP contribution in [0.15, 0.2) is 0 Å². The van der Waals surface area contributed by atoms with Crippen molar-refractivity contribution in [2.24, 2.45) is 17.8 Å². The molecule has 2 fully saturated rings. The third-order valence-corrected chi connectivity index (χ3v) is 11.8. The Kier molecular flexibility index (Phi) is 9.43. The molecule has 2 N–H and O–H groups in total. The van der Waals surface area contributed by atoms with Crippen molar-refractivity contribution in [3.05, 3.63) is 0 Å².